The highest BCUT2D eigenvalue weighted by Gasteiger charge is 2.28. The van der Waals surface area contributed by atoms with Gasteiger partial charge in [-0.15, -0.1) is 0 Å². The van der Waals surface area contributed by atoms with E-state index in [4.69, 9.17) is 0 Å². The van der Waals surface area contributed by atoms with Crippen molar-refractivity contribution in [2.24, 2.45) is 0 Å². The van der Waals surface area contributed by atoms with Crippen LogP contribution in [0.15, 0.2) is 53.4 Å². The molecule has 0 fully saturated rings. The fraction of sp³-hybridized carbons (Fsp3) is 0.188. The number of nitro groups is 1. The number of benzene rings is 2. The van der Waals surface area contributed by atoms with Crippen LogP contribution in [-0.4, -0.2) is 37.1 Å². The molecule has 8 nitrogen and oxygen atoms in total. The highest BCUT2D eigenvalue weighted by Crippen LogP contribution is 2.26. The monoisotopic (exact) mass is 363 g/mol. The van der Waals surface area contributed by atoms with Gasteiger partial charge in [0.15, 0.2) is 0 Å². The molecule has 9 heteroatoms. The van der Waals surface area contributed by atoms with Gasteiger partial charge in [-0.25, -0.2) is 8.42 Å². The van der Waals surface area contributed by atoms with E-state index in [2.05, 4.69) is 5.32 Å². The molecule has 0 aliphatic carbocycles. The summed E-state index contributed by atoms with van der Waals surface area (Å²) in [5.41, 5.74) is 0.288. The fourth-order valence-corrected chi connectivity index (χ4v) is 3.62. The minimum absolute atomic E-state index is 0.0304. The molecule has 0 aromatic heterocycles. The number of hydrogen-bond acceptors (Lipinski definition) is 5. The number of nitrogens with one attached hydrogen (secondary N) is 1. The van der Waals surface area contributed by atoms with Crippen LogP contribution in [-0.2, 0) is 14.8 Å². The lowest BCUT2D eigenvalue weighted by molar-refractivity contribution is -0.385. The molecule has 0 atom stereocenters. The van der Waals surface area contributed by atoms with Gasteiger partial charge in [-0.1, -0.05) is 24.3 Å². The van der Waals surface area contributed by atoms with Gasteiger partial charge in [0, 0.05) is 24.4 Å². The SMILES string of the molecule is Cc1c([N+](=O)[O-])cccc1S(=O)(=O)N(C)CC(=O)Nc1ccccc1. The summed E-state index contributed by atoms with van der Waals surface area (Å²) in [6.45, 7) is 0.947. The number of hydrogen-bond donors (Lipinski definition) is 1. The van der Waals surface area contributed by atoms with Crippen molar-refractivity contribution in [3.8, 4) is 0 Å². The van der Waals surface area contributed by atoms with Crippen LogP contribution in [0.4, 0.5) is 11.4 Å². The smallest absolute Gasteiger partial charge is 0.273 e. The Bertz CT molecular complexity index is 897. The zero-order valence-electron chi connectivity index (χ0n) is 13.7. The molecule has 0 spiro atoms. The molecule has 0 radical (unpaired) electrons. The Morgan fingerprint density at radius 2 is 1.80 bits per heavy atom. The molecule has 2 aromatic carbocycles. The van der Waals surface area contributed by atoms with Gasteiger partial charge in [0.1, 0.15) is 0 Å². The lowest BCUT2D eigenvalue weighted by Crippen LogP contribution is -2.35. The maximum atomic E-state index is 12.6. The number of para-hydroxylation sites is 1. The molecular weight excluding hydrogens is 346 g/mol. The van der Waals surface area contributed by atoms with Crippen molar-refractivity contribution in [1.82, 2.24) is 4.31 Å². The van der Waals surface area contributed by atoms with Crippen LogP contribution in [0.5, 0.6) is 0 Å². The second-order valence-electron chi connectivity index (χ2n) is 5.33. The van der Waals surface area contributed by atoms with Crippen LogP contribution < -0.4 is 5.32 Å². The maximum Gasteiger partial charge on any atom is 0.273 e. The highest BCUT2D eigenvalue weighted by molar-refractivity contribution is 7.89. The number of nitro benzene ring substituents is 1. The lowest BCUT2D eigenvalue weighted by atomic mass is 10.2. The van der Waals surface area contributed by atoms with Crippen LogP contribution in [0.1, 0.15) is 5.56 Å². The number of carbonyl (C=O) groups excluding carboxylic acids is 1. The molecule has 1 N–H and O–H groups in total. The third-order valence-corrected chi connectivity index (χ3v) is 5.51. The second-order valence-corrected chi connectivity index (χ2v) is 7.35. The molecule has 0 saturated carbocycles. The fourth-order valence-electron chi connectivity index (χ4n) is 2.26. The molecule has 0 heterocycles. The first-order valence-corrected chi connectivity index (χ1v) is 8.72. The average Bonchev–Trinajstić information content (AvgIpc) is 2.55. The van der Waals surface area contributed by atoms with E-state index in [-0.39, 0.29) is 16.1 Å². The van der Waals surface area contributed by atoms with Gasteiger partial charge < -0.3 is 5.32 Å². The summed E-state index contributed by atoms with van der Waals surface area (Å²) < 4.78 is 26.1. The second kappa shape index (κ2) is 7.41. The van der Waals surface area contributed by atoms with Gasteiger partial charge >= 0.3 is 0 Å². The van der Waals surface area contributed by atoms with Crippen LogP contribution in [0.2, 0.25) is 0 Å². The van der Waals surface area contributed by atoms with E-state index in [0.29, 0.717) is 5.69 Å². The Morgan fingerprint density at radius 3 is 2.40 bits per heavy atom. The number of anilines is 1. The highest BCUT2D eigenvalue weighted by atomic mass is 32.2. The summed E-state index contributed by atoms with van der Waals surface area (Å²) >= 11 is 0. The molecular formula is C16H17N3O5S. The van der Waals surface area contributed by atoms with Crippen molar-refractivity contribution in [2.45, 2.75) is 11.8 Å². The predicted molar refractivity (Wildman–Crippen MR) is 92.7 cm³/mol. The quantitative estimate of drug-likeness (QED) is 0.625. The Balaban J connectivity index is 2.20. The minimum atomic E-state index is -4.04. The minimum Gasteiger partial charge on any atom is -0.325 e. The zero-order valence-corrected chi connectivity index (χ0v) is 14.5. The Hall–Kier alpha value is -2.78. The molecule has 1 amide bonds. The Morgan fingerprint density at radius 1 is 1.16 bits per heavy atom. The number of carbonyl (C=O) groups is 1. The molecule has 25 heavy (non-hydrogen) atoms. The van der Waals surface area contributed by atoms with E-state index in [1.54, 1.807) is 30.3 Å². The Labute approximate surface area is 145 Å². The normalized spacial score (nSPS) is 11.3. The van der Waals surface area contributed by atoms with Gasteiger partial charge in [-0.2, -0.15) is 4.31 Å². The first kappa shape index (κ1) is 18.6. The summed E-state index contributed by atoms with van der Waals surface area (Å²) in [6.07, 6.45) is 0. The first-order chi connectivity index (χ1) is 11.7. The third kappa shape index (κ3) is 4.20. The molecule has 0 saturated heterocycles. The van der Waals surface area contributed by atoms with Crippen molar-refractivity contribution in [3.63, 3.8) is 0 Å². The van der Waals surface area contributed by atoms with Crippen LogP contribution >= 0.6 is 0 Å². The maximum absolute atomic E-state index is 12.6. The third-order valence-electron chi connectivity index (χ3n) is 3.56. The zero-order chi connectivity index (χ0) is 18.6. The van der Waals surface area contributed by atoms with Crippen molar-refractivity contribution in [1.29, 1.82) is 0 Å². The standard InChI is InChI=1S/C16H17N3O5S/c1-12-14(19(21)22)9-6-10-15(12)25(23,24)18(2)11-16(20)17-13-7-4-3-5-8-13/h3-10H,11H2,1-2H3,(H,17,20). The van der Waals surface area contributed by atoms with Gasteiger partial charge in [-0.3, -0.25) is 14.9 Å². The van der Waals surface area contributed by atoms with Crippen molar-refractivity contribution in [2.75, 3.05) is 18.9 Å². The molecule has 2 rings (SSSR count). The van der Waals surface area contributed by atoms with Gasteiger partial charge in [0.2, 0.25) is 15.9 Å². The summed E-state index contributed by atoms with van der Waals surface area (Å²) in [7, 11) is -2.80. The van der Waals surface area contributed by atoms with Crippen LogP contribution in [0.25, 0.3) is 0 Å². The van der Waals surface area contributed by atoms with E-state index in [1.807, 2.05) is 0 Å². The molecule has 132 valence electrons. The molecule has 0 bridgehead atoms. The van der Waals surface area contributed by atoms with Crippen molar-refractivity contribution < 1.29 is 18.1 Å². The van der Waals surface area contributed by atoms with E-state index in [0.717, 1.165) is 4.31 Å². The number of sulfonamides is 1. The number of amides is 1. The predicted octanol–water partition coefficient (Wildman–Crippen LogP) is 2.16. The Kier molecular flexibility index (Phi) is 5.50. The van der Waals surface area contributed by atoms with Crippen LogP contribution in [0.3, 0.4) is 0 Å². The number of nitrogens with zero attached hydrogens (tertiary/aromatic N) is 2. The van der Waals surface area contributed by atoms with Crippen LogP contribution in [0, 0.1) is 17.0 Å². The molecule has 0 aliphatic heterocycles. The van der Waals surface area contributed by atoms with E-state index in [1.165, 1.54) is 32.2 Å². The summed E-state index contributed by atoms with van der Waals surface area (Å²) in [5, 5.41) is 13.6. The van der Waals surface area contributed by atoms with E-state index >= 15 is 0 Å². The summed E-state index contributed by atoms with van der Waals surface area (Å²) in [4.78, 5) is 22.2. The van der Waals surface area contributed by atoms with E-state index < -0.39 is 27.4 Å². The lowest BCUT2D eigenvalue weighted by Gasteiger charge is -2.18. The number of likely N-dealkylation sites (N-methyl/N-ethyl adjacent to an activating group) is 1. The largest absolute Gasteiger partial charge is 0.325 e. The number of rotatable bonds is 6. The molecule has 0 unspecified atom stereocenters. The summed E-state index contributed by atoms with van der Waals surface area (Å²) in [5.74, 6) is -0.514. The first-order valence-electron chi connectivity index (χ1n) is 7.28. The summed E-state index contributed by atoms with van der Waals surface area (Å²) in [6, 6.07) is 12.4. The van der Waals surface area contributed by atoms with Gasteiger partial charge in [-0.05, 0) is 25.1 Å². The molecule has 0 aliphatic rings. The van der Waals surface area contributed by atoms with Gasteiger partial charge in [0.05, 0.1) is 16.4 Å². The topological polar surface area (TPSA) is 110 Å². The van der Waals surface area contributed by atoms with Crippen molar-refractivity contribution in [3.05, 3.63) is 64.2 Å². The van der Waals surface area contributed by atoms with E-state index in [9.17, 15) is 23.3 Å². The average molecular weight is 363 g/mol. The van der Waals surface area contributed by atoms with Crippen molar-refractivity contribution >= 4 is 27.3 Å². The van der Waals surface area contributed by atoms with Gasteiger partial charge in [0.25, 0.3) is 5.69 Å². The molecule has 2 aromatic rings.